The van der Waals surface area contributed by atoms with Gasteiger partial charge >= 0.3 is 5.69 Å². The van der Waals surface area contributed by atoms with Crippen LogP contribution in [0.5, 0.6) is 5.88 Å². The highest BCUT2D eigenvalue weighted by molar-refractivity contribution is 5.48. The molecule has 1 unspecified atom stereocenters. The Hall–Kier alpha value is -1.96. The van der Waals surface area contributed by atoms with Crippen molar-refractivity contribution >= 4 is 11.6 Å². The van der Waals surface area contributed by atoms with Crippen molar-refractivity contribution in [3.05, 3.63) is 15.8 Å². The number of nitro groups is 1. The summed E-state index contributed by atoms with van der Waals surface area (Å²) in [6.07, 6.45) is -0.336. The van der Waals surface area contributed by atoms with Gasteiger partial charge in [0.1, 0.15) is 11.8 Å². The molecule has 1 rings (SSSR count). The van der Waals surface area contributed by atoms with Crippen LogP contribution < -0.4 is 10.1 Å². The van der Waals surface area contributed by atoms with Crippen LogP contribution >= 0.6 is 0 Å². The molecule has 0 saturated carbocycles. The molecule has 0 aliphatic heterocycles. The highest BCUT2D eigenvalue weighted by atomic mass is 16.6. The van der Waals surface area contributed by atoms with Gasteiger partial charge in [-0.3, -0.25) is 10.1 Å². The lowest BCUT2D eigenvalue weighted by atomic mass is 10.3. The number of hydrogen-bond donors (Lipinski definition) is 1. The third kappa shape index (κ3) is 4.30. The van der Waals surface area contributed by atoms with Crippen LogP contribution in [0.1, 0.15) is 26.5 Å². The van der Waals surface area contributed by atoms with E-state index in [2.05, 4.69) is 15.3 Å². The van der Waals surface area contributed by atoms with Crippen molar-refractivity contribution in [3.8, 4) is 5.88 Å². The molecule has 0 aromatic carbocycles. The van der Waals surface area contributed by atoms with Crippen molar-refractivity contribution < 1.29 is 14.4 Å². The molecular weight excluding hydrogens is 264 g/mol. The molecule has 1 aromatic heterocycles. The molecule has 0 saturated heterocycles. The van der Waals surface area contributed by atoms with Gasteiger partial charge in [0.2, 0.25) is 5.95 Å². The molecule has 8 heteroatoms. The maximum atomic E-state index is 11.1. The first kappa shape index (κ1) is 16.1. The van der Waals surface area contributed by atoms with Crippen LogP contribution in [-0.4, -0.2) is 40.8 Å². The van der Waals surface area contributed by atoms with Crippen LogP contribution in [0.15, 0.2) is 0 Å². The maximum Gasteiger partial charge on any atom is 0.352 e. The second-order valence-corrected chi connectivity index (χ2v) is 4.16. The molecule has 0 bridgehead atoms. The number of hydrogen-bond acceptors (Lipinski definition) is 7. The van der Waals surface area contributed by atoms with Crippen molar-refractivity contribution in [3.63, 3.8) is 0 Å². The Morgan fingerprint density at radius 2 is 2.10 bits per heavy atom. The van der Waals surface area contributed by atoms with Crippen molar-refractivity contribution in [2.45, 2.75) is 33.8 Å². The van der Waals surface area contributed by atoms with E-state index in [1.807, 2.05) is 13.8 Å². The van der Waals surface area contributed by atoms with E-state index in [9.17, 15) is 10.1 Å². The number of rotatable bonds is 8. The Bertz CT molecular complexity index is 467. The first-order valence-electron chi connectivity index (χ1n) is 6.50. The quantitative estimate of drug-likeness (QED) is 0.575. The zero-order chi connectivity index (χ0) is 15.1. The van der Waals surface area contributed by atoms with Gasteiger partial charge in [-0.25, -0.2) is 4.98 Å². The zero-order valence-electron chi connectivity index (χ0n) is 12.2. The van der Waals surface area contributed by atoms with Crippen molar-refractivity contribution in [1.29, 1.82) is 0 Å². The van der Waals surface area contributed by atoms with Crippen LogP contribution in [0.2, 0.25) is 0 Å². The number of nitrogens with one attached hydrogen (secondary N) is 1. The van der Waals surface area contributed by atoms with Crippen molar-refractivity contribution in [2.75, 3.05) is 25.1 Å². The van der Waals surface area contributed by atoms with Crippen LogP contribution in [0.4, 0.5) is 11.6 Å². The molecule has 0 aliphatic rings. The minimum Gasteiger partial charge on any atom is -0.467 e. The second kappa shape index (κ2) is 7.59. The highest BCUT2D eigenvalue weighted by Crippen LogP contribution is 2.29. The Morgan fingerprint density at radius 1 is 1.40 bits per heavy atom. The molecule has 0 amide bonds. The van der Waals surface area contributed by atoms with Crippen LogP contribution in [0, 0.1) is 17.0 Å². The van der Waals surface area contributed by atoms with Gasteiger partial charge in [0.25, 0.3) is 5.88 Å². The van der Waals surface area contributed by atoms with Gasteiger partial charge in [-0.2, -0.15) is 4.98 Å². The zero-order valence-corrected chi connectivity index (χ0v) is 12.2. The smallest absolute Gasteiger partial charge is 0.352 e. The normalized spacial score (nSPS) is 12.0. The second-order valence-electron chi connectivity index (χ2n) is 4.16. The molecule has 1 atom stereocenters. The van der Waals surface area contributed by atoms with Crippen LogP contribution in [0.3, 0.4) is 0 Å². The lowest BCUT2D eigenvalue weighted by Crippen LogP contribution is -2.21. The lowest BCUT2D eigenvalue weighted by Gasteiger charge is -2.15. The van der Waals surface area contributed by atoms with Gasteiger partial charge in [-0.05, 0) is 27.7 Å². The van der Waals surface area contributed by atoms with E-state index in [4.69, 9.17) is 9.47 Å². The number of aryl methyl sites for hydroxylation is 1. The summed E-state index contributed by atoms with van der Waals surface area (Å²) >= 11 is 0. The Morgan fingerprint density at radius 3 is 2.65 bits per heavy atom. The summed E-state index contributed by atoms with van der Waals surface area (Å²) < 4.78 is 10.7. The summed E-state index contributed by atoms with van der Waals surface area (Å²) in [4.78, 5) is 18.7. The molecule has 20 heavy (non-hydrogen) atoms. The third-order valence-electron chi connectivity index (χ3n) is 2.41. The standard InChI is InChI=1S/C12H20N4O4/c1-5-13-12-14-9(4)10(16(17)18)11(15-12)20-8(3)7-19-6-2/h8H,5-7H2,1-4H3,(H,13,14,15). The SMILES string of the molecule is CCNc1nc(C)c([N+](=O)[O-])c(OC(C)COCC)n1. The average molecular weight is 284 g/mol. The van der Waals surface area contributed by atoms with Crippen molar-refractivity contribution in [2.24, 2.45) is 0 Å². The van der Waals surface area contributed by atoms with E-state index >= 15 is 0 Å². The lowest BCUT2D eigenvalue weighted by molar-refractivity contribution is -0.387. The molecule has 112 valence electrons. The summed E-state index contributed by atoms with van der Waals surface area (Å²) in [6, 6.07) is 0. The molecule has 0 fully saturated rings. The molecular formula is C12H20N4O4. The predicted molar refractivity (Wildman–Crippen MR) is 74.2 cm³/mol. The fourth-order valence-corrected chi connectivity index (χ4v) is 1.58. The molecule has 1 N–H and O–H groups in total. The Balaban J connectivity index is 3.03. The molecule has 0 radical (unpaired) electrons. The number of anilines is 1. The fourth-order valence-electron chi connectivity index (χ4n) is 1.58. The monoisotopic (exact) mass is 284 g/mol. The van der Waals surface area contributed by atoms with Crippen LogP contribution in [0.25, 0.3) is 0 Å². The van der Waals surface area contributed by atoms with E-state index in [-0.39, 0.29) is 23.4 Å². The average Bonchev–Trinajstić information content (AvgIpc) is 2.35. The summed E-state index contributed by atoms with van der Waals surface area (Å²) in [5, 5.41) is 14.0. The largest absolute Gasteiger partial charge is 0.467 e. The molecule has 0 spiro atoms. The molecule has 1 aromatic rings. The molecule has 1 heterocycles. The highest BCUT2D eigenvalue weighted by Gasteiger charge is 2.25. The summed E-state index contributed by atoms with van der Waals surface area (Å²) in [5.74, 6) is 0.278. The molecule has 0 aliphatic carbocycles. The van der Waals surface area contributed by atoms with Gasteiger partial charge in [-0.1, -0.05) is 0 Å². The summed E-state index contributed by atoms with van der Waals surface area (Å²) in [5.41, 5.74) is 0.0505. The van der Waals surface area contributed by atoms with Gasteiger partial charge in [-0.15, -0.1) is 0 Å². The summed E-state index contributed by atoms with van der Waals surface area (Å²) in [6.45, 7) is 8.59. The Labute approximate surface area is 117 Å². The number of aromatic nitrogens is 2. The van der Waals surface area contributed by atoms with Gasteiger partial charge in [0.05, 0.1) is 11.5 Å². The Kier molecular flexibility index (Phi) is 6.10. The van der Waals surface area contributed by atoms with Crippen LogP contribution in [-0.2, 0) is 4.74 Å². The number of ether oxygens (including phenoxy) is 2. The predicted octanol–water partition coefficient (Wildman–Crippen LogP) is 1.93. The number of nitrogens with zero attached hydrogens (tertiary/aromatic N) is 3. The molecule has 8 nitrogen and oxygen atoms in total. The van der Waals surface area contributed by atoms with Gasteiger partial charge in [0, 0.05) is 13.2 Å². The topological polar surface area (TPSA) is 99.4 Å². The van der Waals surface area contributed by atoms with E-state index in [1.54, 1.807) is 13.8 Å². The maximum absolute atomic E-state index is 11.1. The first-order valence-corrected chi connectivity index (χ1v) is 6.50. The van der Waals surface area contributed by atoms with Gasteiger partial charge < -0.3 is 14.8 Å². The minimum absolute atomic E-state index is 0.0364. The summed E-state index contributed by atoms with van der Waals surface area (Å²) in [7, 11) is 0. The third-order valence-corrected chi connectivity index (χ3v) is 2.41. The van der Waals surface area contributed by atoms with Gasteiger partial charge in [0.15, 0.2) is 0 Å². The van der Waals surface area contributed by atoms with E-state index < -0.39 is 4.92 Å². The van der Waals surface area contributed by atoms with E-state index in [1.165, 1.54) is 0 Å². The van der Waals surface area contributed by atoms with Crippen molar-refractivity contribution in [1.82, 2.24) is 9.97 Å². The first-order chi connectivity index (χ1) is 9.49. The van der Waals surface area contributed by atoms with E-state index in [0.29, 0.717) is 25.7 Å². The van der Waals surface area contributed by atoms with E-state index in [0.717, 1.165) is 0 Å². The fraction of sp³-hybridized carbons (Fsp3) is 0.667. The minimum atomic E-state index is -0.534.